The van der Waals surface area contributed by atoms with Crippen molar-refractivity contribution in [3.8, 4) is 0 Å². The van der Waals surface area contributed by atoms with E-state index in [0.29, 0.717) is 13.1 Å². The lowest BCUT2D eigenvalue weighted by Gasteiger charge is -2.31. The molecule has 11 heteroatoms. The zero-order valence-corrected chi connectivity index (χ0v) is 33.4. The molecule has 3 aromatic rings. The predicted octanol–water partition coefficient (Wildman–Crippen LogP) is 6.61. The first-order valence-corrected chi connectivity index (χ1v) is 21.8. The van der Waals surface area contributed by atoms with Crippen LogP contribution in [0.1, 0.15) is 48.8 Å². The second-order valence-corrected chi connectivity index (χ2v) is 16.3. The number of hydrogen-bond donors (Lipinski definition) is 3. The SMILES string of the molecule is C=CC(/C=C/c1ccc(N2CCC(O)CC2)cc1)=C\C=N\CC(=O)NCCSSCCNC(=O)C[n+]1ccc(/C=C/c2ccc(N3CCCCC3)cc2)cc1. The molecular formula is C44H55N6O3S2+. The Kier molecular flexibility index (Phi) is 17.7. The molecule has 2 fully saturated rings. The molecule has 0 bridgehead atoms. The molecule has 2 amide bonds. The fourth-order valence-corrected chi connectivity index (χ4v) is 8.08. The fourth-order valence-electron chi connectivity index (χ4n) is 6.26. The van der Waals surface area contributed by atoms with Crippen LogP contribution >= 0.6 is 21.6 Å². The second-order valence-electron chi connectivity index (χ2n) is 13.6. The van der Waals surface area contributed by atoms with Crippen LogP contribution in [0.15, 0.2) is 108 Å². The highest BCUT2D eigenvalue weighted by Crippen LogP contribution is 2.23. The zero-order chi connectivity index (χ0) is 38.5. The van der Waals surface area contributed by atoms with Crippen LogP contribution in [0.2, 0.25) is 0 Å². The summed E-state index contributed by atoms with van der Waals surface area (Å²) in [7, 11) is 3.34. The summed E-state index contributed by atoms with van der Waals surface area (Å²) < 4.78 is 1.88. The van der Waals surface area contributed by atoms with Crippen LogP contribution in [-0.4, -0.2) is 86.6 Å². The van der Waals surface area contributed by atoms with Gasteiger partial charge in [-0.2, -0.15) is 4.57 Å². The van der Waals surface area contributed by atoms with Crippen LogP contribution in [-0.2, 0) is 16.1 Å². The Bertz CT molecular complexity index is 1760. The molecule has 1 aromatic heterocycles. The van der Waals surface area contributed by atoms with Crippen LogP contribution in [0, 0.1) is 0 Å². The number of carbonyl (C=O) groups is 2. The number of aliphatic hydroxyl groups excluding tert-OH is 1. The van der Waals surface area contributed by atoms with E-state index in [1.807, 2.05) is 47.3 Å². The third kappa shape index (κ3) is 15.2. The van der Waals surface area contributed by atoms with Crippen molar-refractivity contribution in [2.24, 2.45) is 4.99 Å². The normalized spacial score (nSPS) is 15.6. The van der Waals surface area contributed by atoms with Gasteiger partial charge < -0.3 is 25.5 Å². The number of nitrogens with one attached hydrogen (secondary N) is 2. The first-order valence-electron chi connectivity index (χ1n) is 19.3. The van der Waals surface area contributed by atoms with Gasteiger partial charge in [0.15, 0.2) is 12.4 Å². The van der Waals surface area contributed by atoms with E-state index in [9.17, 15) is 14.7 Å². The number of allylic oxidation sites excluding steroid dienone is 4. The summed E-state index contributed by atoms with van der Waals surface area (Å²) in [5.74, 6) is 1.40. The molecule has 2 aromatic carbocycles. The maximum absolute atomic E-state index is 12.4. The van der Waals surface area contributed by atoms with Gasteiger partial charge in [-0.1, -0.05) is 82.8 Å². The molecule has 0 saturated carbocycles. The Morgan fingerprint density at radius 3 is 1.91 bits per heavy atom. The number of carbonyl (C=O) groups excluding carboxylic acids is 2. The van der Waals surface area contributed by atoms with E-state index in [2.05, 4.69) is 92.7 Å². The molecule has 0 radical (unpaired) electrons. The molecule has 2 aliphatic rings. The highest BCUT2D eigenvalue weighted by molar-refractivity contribution is 8.76. The average molecular weight is 780 g/mol. The van der Waals surface area contributed by atoms with E-state index in [1.165, 1.54) is 36.2 Å². The summed E-state index contributed by atoms with van der Waals surface area (Å²) in [6.07, 6.45) is 22.6. The van der Waals surface area contributed by atoms with Gasteiger partial charge in [-0.25, -0.2) is 0 Å². The van der Waals surface area contributed by atoms with Crippen molar-refractivity contribution in [1.29, 1.82) is 0 Å². The van der Waals surface area contributed by atoms with Gasteiger partial charge >= 0.3 is 0 Å². The summed E-state index contributed by atoms with van der Waals surface area (Å²) in [5.41, 5.74) is 6.71. The standard InChI is InChI=1S/C44H54N6O3S2/c1-2-36(6-7-37-12-16-41(17-13-37)50-30-21-42(51)22-31-50)18-23-45-34-43(52)46-24-32-54-55-33-25-47-44(53)35-48-28-19-39(20-29-48)9-8-38-10-14-40(15-11-38)49-26-4-3-5-27-49/h2,6-20,23,28-29,42,51H,1,3-5,21-22,24-27,30-35H2,(H-,46,47,52,53)/p+1/b7-6+,36-18+,45-23+. The van der Waals surface area contributed by atoms with Gasteiger partial charge in [-0.3, -0.25) is 14.6 Å². The molecule has 2 aliphatic heterocycles. The Morgan fingerprint density at radius 1 is 0.764 bits per heavy atom. The van der Waals surface area contributed by atoms with E-state index in [4.69, 9.17) is 0 Å². The minimum absolute atomic E-state index is 0.0205. The van der Waals surface area contributed by atoms with Crippen molar-refractivity contribution in [2.75, 3.05) is 67.1 Å². The molecule has 2 saturated heterocycles. The zero-order valence-electron chi connectivity index (χ0n) is 31.7. The number of aromatic nitrogens is 1. The highest BCUT2D eigenvalue weighted by Gasteiger charge is 2.17. The molecule has 0 unspecified atom stereocenters. The molecule has 3 N–H and O–H groups in total. The maximum atomic E-state index is 12.4. The summed E-state index contributed by atoms with van der Waals surface area (Å²) in [5, 5.41) is 15.6. The number of nitrogens with zero attached hydrogens (tertiary/aromatic N) is 4. The van der Waals surface area contributed by atoms with Crippen molar-refractivity contribution >= 4 is 69.2 Å². The van der Waals surface area contributed by atoms with Crippen molar-refractivity contribution in [3.63, 3.8) is 0 Å². The summed E-state index contributed by atoms with van der Waals surface area (Å²) in [4.78, 5) is 33.6. The Balaban J connectivity index is 0.879. The fraction of sp³-hybridized carbons (Fsp3) is 0.364. The lowest BCUT2D eigenvalue weighted by Crippen LogP contribution is -2.42. The van der Waals surface area contributed by atoms with Crippen LogP contribution in [0.3, 0.4) is 0 Å². The number of amides is 2. The third-order valence-corrected chi connectivity index (χ3v) is 11.9. The second kappa shape index (κ2) is 23.4. The van der Waals surface area contributed by atoms with Gasteiger partial charge in [0, 0.05) is 80.5 Å². The average Bonchev–Trinajstić information content (AvgIpc) is 3.22. The lowest BCUT2D eigenvalue weighted by atomic mass is 10.1. The molecule has 5 rings (SSSR count). The van der Waals surface area contributed by atoms with Gasteiger partial charge in [-0.05, 0) is 84.7 Å². The highest BCUT2D eigenvalue weighted by atomic mass is 33.1. The number of aliphatic imine (C=N–C) groups is 1. The Morgan fingerprint density at radius 2 is 1.31 bits per heavy atom. The number of hydrogen-bond acceptors (Lipinski definition) is 8. The molecule has 9 nitrogen and oxygen atoms in total. The number of piperidine rings is 2. The van der Waals surface area contributed by atoms with E-state index in [0.717, 1.165) is 67.2 Å². The smallest absolute Gasteiger partial charge is 0.286 e. The van der Waals surface area contributed by atoms with E-state index in [-0.39, 0.29) is 31.0 Å². The van der Waals surface area contributed by atoms with Gasteiger partial charge in [0.2, 0.25) is 12.5 Å². The van der Waals surface area contributed by atoms with Crippen molar-refractivity contribution in [3.05, 3.63) is 120 Å². The number of benzene rings is 2. The van der Waals surface area contributed by atoms with Crippen molar-refractivity contribution < 1.29 is 19.3 Å². The molecule has 0 atom stereocenters. The van der Waals surface area contributed by atoms with Gasteiger partial charge in [0.1, 0.15) is 6.54 Å². The molecule has 55 heavy (non-hydrogen) atoms. The monoisotopic (exact) mass is 779 g/mol. The quantitative estimate of drug-likeness (QED) is 0.0415. The van der Waals surface area contributed by atoms with Crippen LogP contribution in [0.4, 0.5) is 11.4 Å². The number of anilines is 2. The van der Waals surface area contributed by atoms with E-state index < -0.39 is 0 Å². The number of rotatable bonds is 19. The molecule has 3 heterocycles. The van der Waals surface area contributed by atoms with Gasteiger partial charge in [0.25, 0.3) is 5.91 Å². The first kappa shape index (κ1) is 41.6. The molecule has 0 aliphatic carbocycles. The van der Waals surface area contributed by atoms with Crippen molar-refractivity contribution in [1.82, 2.24) is 10.6 Å². The Labute approximate surface area is 334 Å². The van der Waals surface area contributed by atoms with E-state index >= 15 is 0 Å². The van der Waals surface area contributed by atoms with Gasteiger partial charge in [-0.15, -0.1) is 0 Å². The summed E-state index contributed by atoms with van der Waals surface area (Å²) in [6.45, 7) is 9.42. The lowest BCUT2D eigenvalue weighted by molar-refractivity contribution is -0.684. The molecule has 0 spiro atoms. The van der Waals surface area contributed by atoms with Gasteiger partial charge in [0.05, 0.1) is 6.10 Å². The van der Waals surface area contributed by atoms with Crippen LogP contribution in [0.25, 0.3) is 18.2 Å². The Hall–Kier alpha value is -4.58. The van der Waals surface area contributed by atoms with Crippen molar-refractivity contribution in [2.45, 2.75) is 44.8 Å². The summed E-state index contributed by atoms with van der Waals surface area (Å²) >= 11 is 0. The maximum Gasteiger partial charge on any atom is 0.286 e. The third-order valence-electron chi connectivity index (χ3n) is 9.46. The van der Waals surface area contributed by atoms with E-state index in [1.54, 1.807) is 33.9 Å². The van der Waals surface area contributed by atoms with Crippen LogP contribution < -0.4 is 25.0 Å². The predicted molar refractivity (Wildman–Crippen MR) is 234 cm³/mol. The number of aliphatic hydroxyl groups is 1. The minimum Gasteiger partial charge on any atom is -0.393 e. The molecule has 290 valence electrons. The summed E-state index contributed by atoms with van der Waals surface area (Å²) in [6, 6.07) is 21.2. The minimum atomic E-state index is -0.178. The first-order chi connectivity index (χ1) is 26.9. The van der Waals surface area contributed by atoms with Crippen LogP contribution in [0.5, 0.6) is 0 Å². The topological polar surface area (TPSA) is 101 Å². The number of pyridine rings is 1. The largest absolute Gasteiger partial charge is 0.393 e. The molecular weight excluding hydrogens is 725 g/mol.